The van der Waals surface area contributed by atoms with Gasteiger partial charge in [-0.25, -0.2) is 4.79 Å². The summed E-state index contributed by atoms with van der Waals surface area (Å²) in [4.78, 5) is 16.1. The Kier molecular flexibility index (Phi) is 6.35. The van der Waals surface area contributed by atoms with Crippen molar-refractivity contribution < 1.29 is 19.0 Å². The molecule has 1 aliphatic rings. The molecule has 7 heteroatoms. The first-order valence-corrected chi connectivity index (χ1v) is 9.49. The number of carbonyl (C=O) groups is 1. The number of nitrogens with one attached hydrogen (secondary N) is 1. The average Bonchev–Trinajstić information content (AvgIpc) is 3.20. The summed E-state index contributed by atoms with van der Waals surface area (Å²) < 4.78 is 16.1. The summed E-state index contributed by atoms with van der Waals surface area (Å²) in [6.07, 6.45) is 1.69. The van der Waals surface area contributed by atoms with Crippen molar-refractivity contribution in [2.45, 2.75) is 25.4 Å². The molecule has 6 nitrogen and oxygen atoms in total. The Morgan fingerprint density at radius 1 is 1.27 bits per heavy atom. The highest BCUT2D eigenvalue weighted by atomic mass is 32.1. The quantitative estimate of drug-likeness (QED) is 0.828. The van der Waals surface area contributed by atoms with E-state index < -0.39 is 0 Å². The van der Waals surface area contributed by atoms with Crippen LogP contribution in [0.25, 0.3) is 0 Å². The molecule has 1 aromatic heterocycles. The Balaban J connectivity index is 1.78. The zero-order chi connectivity index (χ0) is 18.4. The number of rotatable bonds is 6. The molecule has 1 N–H and O–H groups in total. The molecule has 3 rings (SSSR count). The molecule has 1 aromatic carbocycles. The van der Waals surface area contributed by atoms with Crippen LogP contribution in [0.4, 0.5) is 10.5 Å². The third-order valence-electron chi connectivity index (χ3n) is 4.45. The van der Waals surface area contributed by atoms with E-state index >= 15 is 0 Å². The van der Waals surface area contributed by atoms with Gasteiger partial charge in [-0.3, -0.25) is 0 Å². The SMILES string of the molecule is COc1ccc(NC(=O)N(Cc2cccs2)C2CCOCC2)c(OC)c1. The van der Waals surface area contributed by atoms with Crippen LogP contribution in [-0.4, -0.2) is 44.4 Å². The van der Waals surface area contributed by atoms with Gasteiger partial charge in [-0.15, -0.1) is 11.3 Å². The van der Waals surface area contributed by atoms with Crippen LogP contribution in [-0.2, 0) is 11.3 Å². The van der Waals surface area contributed by atoms with Gasteiger partial charge >= 0.3 is 6.03 Å². The second kappa shape index (κ2) is 8.91. The van der Waals surface area contributed by atoms with E-state index in [1.165, 1.54) is 0 Å². The first kappa shape index (κ1) is 18.5. The number of carbonyl (C=O) groups excluding carboxylic acids is 1. The van der Waals surface area contributed by atoms with Crippen molar-refractivity contribution >= 4 is 23.1 Å². The van der Waals surface area contributed by atoms with Gasteiger partial charge in [0.1, 0.15) is 11.5 Å². The Bertz CT molecular complexity index is 714. The predicted octanol–water partition coefficient (Wildman–Crippen LogP) is 3.98. The minimum Gasteiger partial charge on any atom is -0.497 e. The Hall–Kier alpha value is -2.25. The van der Waals surface area contributed by atoms with Crippen molar-refractivity contribution in [3.05, 3.63) is 40.6 Å². The zero-order valence-corrected chi connectivity index (χ0v) is 15.9. The molecular formula is C19H24N2O4S. The molecule has 1 saturated heterocycles. The van der Waals surface area contributed by atoms with E-state index in [-0.39, 0.29) is 12.1 Å². The molecule has 1 aliphatic heterocycles. The van der Waals surface area contributed by atoms with Gasteiger partial charge < -0.3 is 24.4 Å². The number of hydrogen-bond donors (Lipinski definition) is 1. The minimum atomic E-state index is -0.131. The van der Waals surface area contributed by atoms with Crippen LogP contribution in [0.3, 0.4) is 0 Å². The second-order valence-electron chi connectivity index (χ2n) is 6.05. The van der Waals surface area contributed by atoms with Crippen molar-refractivity contribution in [1.29, 1.82) is 0 Å². The van der Waals surface area contributed by atoms with Crippen LogP contribution >= 0.6 is 11.3 Å². The summed E-state index contributed by atoms with van der Waals surface area (Å²) in [5.74, 6) is 1.25. The number of thiophene rings is 1. The fourth-order valence-electron chi connectivity index (χ4n) is 3.02. The summed E-state index contributed by atoms with van der Waals surface area (Å²) in [5, 5.41) is 5.02. The van der Waals surface area contributed by atoms with Gasteiger partial charge in [-0.05, 0) is 36.4 Å². The molecule has 26 heavy (non-hydrogen) atoms. The number of urea groups is 1. The Morgan fingerprint density at radius 2 is 2.08 bits per heavy atom. The van der Waals surface area contributed by atoms with E-state index in [1.54, 1.807) is 43.8 Å². The summed E-state index contributed by atoms with van der Waals surface area (Å²) in [6.45, 7) is 1.96. The number of hydrogen-bond acceptors (Lipinski definition) is 5. The third-order valence-corrected chi connectivity index (χ3v) is 5.31. The molecule has 2 heterocycles. The lowest BCUT2D eigenvalue weighted by Gasteiger charge is -2.34. The molecule has 0 unspecified atom stereocenters. The number of amides is 2. The second-order valence-corrected chi connectivity index (χ2v) is 7.08. The highest BCUT2D eigenvalue weighted by molar-refractivity contribution is 7.09. The molecule has 140 valence electrons. The third kappa shape index (κ3) is 4.47. The topological polar surface area (TPSA) is 60.0 Å². The van der Waals surface area contributed by atoms with E-state index in [1.807, 2.05) is 16.3 Å². The molecule has 0 spiro atoms. The number of methoxy groups -OCH3 is 2. The molecule has 0 radical (unpaired) electrons. The lowest BCUT2D eigenvalue weighted by Crippen LogP contribution is -2.44. The predicted molar refractivity (Wildman–Crippen MR) is 102 cm³/mol. The monoisotopic (exact) mass is 376 g/mol. The highest BCUT2D eigenvalue weighted by Gasteiger charge is 2.27. The highest BCUT2D eigenvalue weighted by Crippen LogP contribution is 2.30. The van der Waals surface area contributed by atoms with E-state index in [0.717, 1.165) is 17.7 Å². The molecule has 1 fully saturated rings. The van der Waals surface area contributed by atoms with E-state index in [0.29, 0.717) is 36.9 Å². The standard InChI is InChI=1S/C19H24N2O4S/c1-23-15-5-6-17(18(12-15)24-2)20-19(22)21(13-16-4-3-11-26-16)14-7-9-25-10-8-14/h3-6,11-12,14H,7-10,13H2,1-2H3,(H,20,22). The number of nitrogens with zero attached hydrogens (tertiary/aromatic N) is 1. The molecule has 0 aliphatic carbocycles. The normalized spacial score (nSPS) is 14.7. The van der Waals surface area contributed by atoms with Gasteiger partial charge in [0, 0.05) is 30.2 Å². The van der Waals surface area contributed by atoms with Crippen molar-refractivity contribution in [2.24, 2.45) is 0 Å². The van der Waals surface area contributed by atoms with Crippen LogP contribution in [0.5, 0.6) is 11.5 Å². The Labute approximate surface area is 157 Å². The number of anilines is 1. The summed E-state index contributed by atoms with van der Waals surface area (Å²) in [7, 11) is 3.17. The maximum Gasteiger partial charge on any atom is 0.322 e. The van der Waals surface area contributed by atoms with Gasteiger partial charge in [0.15, 0.2) is 0 Å². The summed E-state index contributed by atoms with van der Waals surface area (Å²) in [6, 6.07) is 9.45. The van der Waals surface area contributed by atoms with E-state index in [9.17, 15) is 4.79 Å². The lowest BCUT2D eigenvalue weighted by atomic mass is 10.1. The van der Waals surface area contributed by atoms with Crippen LogP contribution in [0, 0.1) is 0 Å². The lowest BCUT2D eigenvalue weighted by molar-refractivity contribution is 0.0462. The van der Waals surface area contributed by atoms with Crippen molar-refractivity contribution in [3.8, 4) is 11.5 Å². The van der Waals surface area contributed by atoms with Gasteiger partial charge in [-0.2, -0.15) is 0 Å². The van der Waals surface area contributed by atoms with Crippen molar-refractivity contribution in [1.82, 2.24) is 4.90 Å². The number of benzene rings is 1. The van der Waals surface area contributed by atoms with Gasteiger partial charge in [0.2, 0.25) is 0 Å². The molecule has 0 bridgehead atoms. The maximum atomic E-state index is 13.1. The summed E-state index contributed by atoms with van der Waals surface area (Å²) in [5.41, 5.74) is 0.626. The molecule has 2 aromatic rings. The first-order valence-electron chi connectivity index (χ1n) is 8.61. The zero-order valence-electron chi connectivity index (χ0n) is 15.1. The molecule has 0 saturated carbocycles. The Morgan fingerprint density at radius 3 is 2.73 bits per heavy atom. The maximum absolute atomic E-state index is 13.1. The largest absolute Gasteiger partial charge is 0.497 e. The summed E-state index contributed by atoms with van der Waals surface area (Å²) >= 11 is 1.66. The van der Waals surface area contributed by atoms with Crippen molar-refractivity contribution in [2.75, 3.05) is 32.8 Å². The molecular weight excluding hydrogens is 352 g/mol. The first-order chi connectivity index (χ1) is 12.7. The van der Waals surface area contributed by atoms with Crippen molar-refractivity contribution in [3.63, 3.8) is 0 Å². The molecule has 2 amide bonds. The average molecular weight is 376 g/mol. The van der Waals surface area contributed by atoms with Crippen LogP contribution in [0.1, 0.15) is 17.7 Å². The fourth-order valence-corrected chi connectivity index (χ4v) is 3.73. The van der Waals surface area contributed by atoms with Crippen LogP contribution in [0.2, 0.25) is 0 Å². The van der Waals surface area contributed by atoms with Gasteiger partial charge in [0.25, 0.3) is 0 Å². The smallest absolute Gasteiger partial charge is 0.322 e. The molecule has 0 atom stereocenters. The van der Waals surface area contributed by atoms with Gasteiger partial charge in [0.05, 0.1) is 26.5 Å². The minimum absolute atomic E-state index is 0.131. The van der Waals surface area contributed by atoms with Crippen LogP contribution < -0.4 is 14.8 Å². The van der Waals surface area contributed by atoms with E-state index in [4.69, 9.17) is 14.2 Å². The van der Waals surface area contributed by atoms with Crippen LogP contribution in [0.15, 0.2) is 35.7 Å². The fraction of sp³-hybridized carbons (Fsp3) is 0.421. The van der Waals surface area contributed by atoms with E-state index in [2.05, 4.69) is 11.4 Å². The number of ether oxygens (including phenoxy) is 3. The van der Waals surface area contributed by atoms with Gasteiger partial charge in [-0.1, -0.05) is 6.07 Å².